The Morgan fingerprint density at radius 3 is 3.00 bits per heavy atom. The Bertz CT molecular complexity index is 463. The first kappa shape index (κ1) is 12.1. The lowest BCUT2D eigenvalue weighted by Crippen LogP contribution is -2.34. The van der Waals surface area contributed by atoms with Crippen LogP contribution in [0.2, 0.25) is 0 Å². The summed E-state index contributed by atoms with van der Waals surface area (Å²) in [5.74, 6) is 3.06. The number of halogens is 1. The number of carbonyl (C=O) groups is 1. The van der Waals surface area contributed by atoms with Crippen molar-refractivity contribution in [2.24, 2.45) is 5.92 Å². The topological polar surface area (TPSA) is 33.2 Å². The number of aromatic nitrogens is 1. The van der Waals surface area contributed by atoms with Crippen molar-refractivity contribution < 1.29 is 4.79 Å². The maximum atomic E-state index is 12.3. The molecule has 1 heterocycles. The third-order valence-corrected chi connectivity index (χ3v) is 3.35. The van der Waals surface area contributed by atoms with E-state index >= 15 is 0 Å². The molecule has 0 atom stereocenters. The van der Waals surface area contributed by atoms with Crippen molar-refractivity contribution in [3.05, 3.63) is 28.5 Å². The second kappa shape index (κ2) is 5.33. The summed E-state index contributed by atoms with van der Waals surface area (Å²) >= 11 is 3.34. The van der Waals surface area contributed by atoms with Gasteiger partial charge in [-0.1, -0.05) is 5.92 Å². The van der Waals surface area contributed by atoms with Crippen molar-refractivity contribution in [2.75, 3.05) is 13.1 Å². The molecule has 1 aromatic heterocycles. The molecule has 2 rings (SSSR count). The highest BCUT2D eigenvalue weighted by Gasteiger charge is 2.27. The second-order valence-corrected chi connectivity index (χ2v) is 5.02. The minimum atomic E-state index is -0.0951. The first-order valence-corrected chi connectivity index (χ1v) is 6.35. The molecule has 1 fully saturated rings. The van der Waals surface area contributed by atoms with Crippen LogP contribution in [0.1, 0.15) is 23.3 Å². The smallest absolute Gasteiger partial charge is 0.274 e. The number of hydrogen-bond acceptors (Lipinski definition) is 2. The normalized spacial score (nSPS) is 14.1. The van der Waals surface area contributed by atoms with Gasteiger partial charge in [-0.3, -0.25) is 4.79 Å². The number of pyridine rings is 1. The van der Waals surface area contributed by atoms with Crippen molar-refractivity contribution in [1.29, 1.82) is 0 Å². The highest BCUT2D eigenvalue weighted by molar-refractivity contribution is 9.10. The van der Waals surface area contributed by atoms with E-state index in [-0.39, 0.29) is 5.91 Å². The fourth-order valence-electron chi connectivity index (χ4n) is 1.63. The van der Waals surface area contributed by atoms with Gasteiger partial charge in [0.05, 0.1) is 6.54 Å². The fraction of sp³-hybridized carbons (Fsp3) is 0.385. The number of terminal acetylenes is 1. The Morgan fingerprint density at radius 1 is 1.65 bits per heavy atom. The Labute approximate surface area is 109 Å². The van der Waals surface area contributed by atoms with Gasteiger partial charge in [-0.05, 0) is 46.8 Å². The molecule has 0 spiro atoms. The van der Waals surface area contributed by atoms with Crippen LogP contribution in [0.5, 0.6) is 0 Å². The summed E-state index contributed by atoms with van der Waals surface area (Å²) in [5.41, 5.74) is 0.434. The summed E-state index contributed by atoms with van der Waals surface area (Å²) in [6, 6.07) is 3.60. The third-order valence-electron chi connectivity index (χ3n) is 2.71. The minimum absolute atomic E-state index is 0.0951. The number of carbonyl (C=O) groups excluding carboxylic acids is 1. The zero-order chi connectivity index (χ0) is 12.3. The van der Waals surface area contributed by atoms with Gasteiger partial charge >= 0.3 is 0 Å². The van der Waals surface area contributed by atoms with E-state index in [1.807, 2.05) is 6.07 Å². The van der Waals surface area contributed by atoms with Crippen LogP contribution in [-0.2, 0) is 0 Å². The summed E-state index contributed by atoms with van der Waals surface area (Å²) in [7, 11) is 0. The SMILES string of the molecule is C#CCN(CC1CC1)C(=O)c1ncccc1Br. The molecule has 17 heavy (non-hydrogen) atoms. The molecule has 1 aromatic rings. The molecule has 1 saturated carbocycles. The predicted molar refractivity (Wildman–Crippen MR) is 69.4 cm³/mol. The average molecular weight is 293 g/mol. The van der Waals surface area contributed by atoms with Crippen molar-refractivity contribution in [3.8, 4) is 12.3 Å². The first-order valence-electron chi connectivity index (χ1n) is 5.55. The van der Waals surface area contributed by atoms with E-state index in [1.165, 1.54) is 12.8 Å². The van der Waals surface area contributed by atoms with E-state index < -0.39 is 0 Å². The summed E-state index contributed by atoms with van der Waals surface area (Å²) < 4.78 is 0.711. The predicted octanol–water partition coefficient (Wildman–Crippen LogP) is 2.33. The van der Waals surface area contributed by atoms with Crippen LogP contribution in [0.15, 0.2) is 22.8 Å². The van der Waals surface area contributed by atoms with Gasteiger partial charge in [0, 0.05) is 17.2 Å². The van der Waals surface area contributed by atoms with Gasteiger partial charge in [-0.15, -0.1) is 6.42 Å². The standard InChI is InChI=1S/C13H13BrN2O/c1-2-8-16(9-10-5-6-10)13(17)12-11(14)4-3-7-15-12/h1,3-4,7,10H,5-6,8-9H2. The van der Waals surface area contributed by atoms with Crippen LogP contribution >= 0.6 is 15.9 Å². The summed E-state index contributed by atoms with van der Waals surface area (Å²) in [6.45, 7) is 1.09. The lowest BCUT2D eigenvalue weighted by Gasteiger charge is -2.19. The molecule has 0 N–H and O–H groups in total. The number of nitrogens with zero attached hydrogens (tertiary/aromatic N) is 2. The van der Waals surface area contributed by atoms with Crippen molar-refractivity contribution in [1.82, 2.24) is 9.88 Å². The Morgan fingerprint density at radius 2 is 2.41 bits per heavy atom. The van der Waals surface area contributed by atoms with Gasteiger partial charge in [-0.25, -0.2) is 4.98 Å². The molecular weight excluding hydrogens is 280 g/mol. The highest BCUT2D eigenvalue weighted by Crippen LogP contribution is 2.30. The lowest BCUT2D eigenvalue weighted by molar-refractivity contribution is 0.0763. The van der Waals surface area contributed by atoms with Gasteiger partial charge in [-0.2, -0.15) is 0 Å². The summed E-state index contributed by atoms with van der Waals surface area (Å²) in [4.78, 5) is 18.1. The van der Waals surface area contributed by atoms with E-state index in [9.17, 15) is 4.79 Å². The monoisotopic (exact) mass is 292 g/mol. The quantitative estimate of drug-likeness (QED) is 0.798. The van der Waals surface area contributed by atoms with Gasteiger partial charge in [0.25, 0.3) is 5.91 Å². The van der Waals surface area contributed by atoms with Crippen LogP contribution in [-0.4, -0.2) is 28.9 Å². The van der Waals surface area contributed by atoms with Crippen LogP contribution in [0.4, 0.5) is 0 Å². The molecule has 1 amide bonds. The molecule has 0 unspecified atom stereocenters. The molecular formula is C13H13BrN2O. The van der Waals surface area contributed by atoms with Crippen LogP contribution < -0.4 is 0 Å². The molecule has 1 aliphatic carbocycles. The van der Waals surface area contributed by atoms with E-state index in [2.05, 4.69) is 26.8 Å². The van der Waals surface area contributed by atoms with Crippen LogP contribution in [0.25, 0.3) is 0 Å². The minimum Gasteiger partial charge on any atom is -0.326 e. The van der Waals surface area contributed by atoms with Gasteiger partial charge in [0.2, 0.25) is 0 Å². The number of amides is 1. The molecule has 4 heteroatoms. The maximum Gasteiger partial charge on any atom is 0.274 e. The van der Waals surface area contributed by atoms with Gasteiger partial charge < -0.3 is 4.90 Å². The maximum absolute atomic E-state index is 12.3. The molecule has 3 nitrogen and oxygen atoms in total. The molecule has 0 aliphatic heterocycles. The molecule has 0 saturated heterocycles. The Hall–Kier alpha value is -1.34. The summed E-state index contributed by atoms with van der Waals surface area (Å²) in [5, 5.41) is 0. The van der Waals surface area contributed by atoms with E-state index in [1.54, 1.807) is 17.2 Å². The summed E-state index contributed by atoms with van der Waals surface area (Å²) in [6.07, 6.45) is 9.30. The molecule has 88 valence electrons. The average Bonchev–Trinajstić information content (AvgIpc) is 3.12. The van der Waals surface area contributed by atoms with E-state index in [0.717, 1.165) is 6.54 Å². The van der Waals surface area contributed by atoms with E-state index in [0.29, 0.717) is 22.6 Å². The van der Waals surface area contributed by atoms with Crippen molar-refractivity contribution >= 4 is 21.8 Å². The fourth-order valence-corrected chi connectivity index (χ4v) is 2.06. The van der Waals surface area contributed by atoms with Gasteiger partial charge in [0.15, 0.2) is 0 Å². The van der Waals surface area contributed by atoms with Crippen molar-refractivity contribution in [2.45, 2.75) is 12.8 Å². The Balaban J connectivity index is 2.15. The highest BCUT2D eigenvalue weighted by atomic mass is 79.9. The zero-order valence-electron chi connectivity index (χ0n) is 9.40. The third kappa shape index (κ3) is 3.07. The lowest BCUT2D eigenvalue weighted by atomic mass is 10.3. The molecule has 0 bridgehead atoms. The van der Waals surface area contributed by atoms with E-state index in [4.69, 9.17) is 6.42 Å². The van der Waals surface area contributed by atoms with Crippen LogP contribution in [0.3, 0.4) is 0 Å². The van der Waals surface area contributed by atoms with Crippen molar-refractivity contribution in [3.63, 3.8) is 0 Å². The largest absolute Gasteiger partial charge is 0.326 e. The zero-order valence-corrected chi connectivity index (χ0v) is 11.0. The Kier molecular flexibility index (Phi) is 3.80. The second-order valence-electron chi connectivity index (χ2n) is 4.17. The molecule has 0 radical (unpaired) electrons. The number of hydrogen-bond donors (Lipinski definition) is 0. The molecule has 0 aromatic carbocycles. The first-order chi connectivity index (χ1) is 8.22. The molecule has 1 aliphatic rings. The van der Waals surface area contributed by atoms with Crippen LogP contribution in [0, 0.1) is 18.3 Å². The van der Waals surface area contributed by atoms with Gasteiger partial charge in [0.1, 0.15) is 5.69 Å². The number of rotatable bonds is 4.